The minimum Gasteiger partial charge on any atom is -0.313 e. The zero-order valence-corrected chi connectivity index (χ0v) is 18.1. The van der Waals surface area contributed by atoms with Crippen molar-refractivity contribution in [3.05, 3.63) is 36.0 Å². The number of piperidine rings is 1. The van der Waals surface area contributed by atoms with Crippen LogP contribution in [0, 0.1) is 12.8 Å². The summed E-state index contributed by atoms with van der Waals surface area (Å²) in [5.74, 6) is 1.40. The maximum Gasteiger partial charge on any atom is 0.390 e. The quantitative estimate of drug-likeness (QED) is 0.577. The van der Waals surface area contributed by atoms with E-state index in [1.54, 1.807) is 17.3 Å². The normalized spacial score (nSPS) is 16.0. The minimum atomic E-state index is -4.14. The third kappa shape index (κ3) is 5.12. The Morgan fingerprint density at radius 1 is 1.09 bits per heavy atom. The fourth-order valence-corrected chi connectivity index (χ4v) is 4.02. The van der Waals surface area contributed by atoms with Gasteiger partial charge in [-0.05, 0) is 50.4 Å². The van der Waals surface area contributed by atoms with Crippen LogP contribution in [0.1, 0.15) is 30.8 Å². The first-order valence-corrected chi connectivity index (χ1v) is 10.6. The fourth-order valence-electron chi connectivity index (χ4n) is 4.02. The topological polar surface area (TPSA) is 76.8 Å². The summed E-state index contributed by atoms with van der Waals surface area (Å²) in [5.41, 5.74) is 1.36. The van der Waals surface area contributed by atoms with Gasteiger partial charge in [-0.15, -0.1) is 10.2 Å². The molecule has 0 amide bonds. The van der Waals surface area contributed by atoms with Crippen molar-refractivity contribution < 1.29 is 18.0 Å². The maximum absolute atomic E-state index is 12.8. The van der Waals surface area contributed by atoms with Gasteiger partial charge in [-0.3, -0.25) is 14.8 Å². The first-order chi connectivity index (χ1) is 15.2. The minimum absolute atomic E-state index is 0.00193. The van der Waals surface area contributed by atoms with Gasteiger partial charge in [0.1, 0.15) is 17.3 Å². The highest BCUT2D eigenvalue weighted by atomic mass is 19.4. The predicted molar refractivity (Wildman–Crippen MR) is 113 cm³/mol. The second kappa shape index (κ2) is 8.93. The van der Waals surface area contributed by atoms with Gasteiger partial charge in [0.15, 0.2) is 5.82 Å². The number of rotatable bonds is 6. The molecule has 1 aliphatic rings. The average Bonchev–Trinajstić information content (AvgIpc) is 3.10. The average molecular weight is 446 g/mol. The van der Waals surface area contributed by atoms with Crippen LogP contribution in [0.5, 0.6) is 0 Å². The number of Topliss-reactive ketones (excluding diaryl/α,β-unsaturated/α-hetero) is 1. The van der Waals surface area contributed by atoms with Crippen molar-refractivity contribution in [1.82, 2.24) is 29.6 Å². The molecule has 1 fully saturated rings. The summed E-state index contributed by atoms with van der Waals surface area (Å²) in [6, 6.07) is 3.80. The van der Waals surface area contributed by atoms with Crippen LogP contribution < -0.4 is 0 Å². The Hall–Kier alpha value is -2.88. The van der Waals surface area contributed by atoms with Gasteiger partial charge in [-0.1, -0.05) is 0 Å². The molecule has 0 radical (unpaired) electrons. The molecule has 0 aromatic carbocycles. The van der Waals surface area contributed by atoms with Crippen molar-refractivity contribution in [1.29, 1.82) is 0 Å². The van der Waals surface area contributed by atoms with Crippen LogP contribution in [0.3, 0.4) is 0 Å². The van der Waals surface area contributed by atoms with Crippen molar-refractivity contribution >= 4 is 16.6 Å². The molecule has 0 atom stereocenters. The molecule has 10 heteroatoms. The van der Waals surface area contributed by atoms with Crippen LogP contribution in [0.15, 0.2) is 24.5 Å². The Bertz CT molecular complexity index is 1120. The summed E-state index contributed by atoms with van der Waals surface area (Å²) >= 11 is 0. The molecular weight excluding hydrogens is 421 g/mol. The van der Waals surface area contributed by atoms with Gasteiger partial charge in [0, 0.05) is 49.4 Å². The number of carbonyl (C=O) groups is 1. The lowest BCUT2D eigenvalue weighted by Crippen LogP contribution is -2.38. The van der Waals surface area contributed by atoms with Gasteiger partial charge in [-0.2, -0.15) is 13.2 Å². The van der Waals surface area contributed by atoms with Crippen molar-refractivity contribution in [3.63, 3.8) is 0 Å². The zero-order chi connectivity index (χ0) is 22.9. The fraction of sp³-hybridized carbons (Fsp3) is 0.500. The summed E-state index contributed by atoms with van der Waals surface area (Å²) in [6.07, 6.45) is -0.134. The highest BCUT2D eigenvalue weighted by molar-refractivity contribution is 5.87. The summed E-state index contributed by atoms with van der Waals surface area (Å²) < 4.78 is 39.1. The van der Waals surface area contributed by atoms with Gasteiger partial charge < -0.3 is 9.47 Å². The first-order valence-electron chi connectivity index (χ1n) is 10.6. The van der Waals surface area contributed by atoms with Crippen molar-refractivity contribution in [2.45, 2.75) is 38.8 Å². The number of fused-ring (bicyclic) bond motifs is 1. The molecular formula is C22H25F3N6O. The lowest BCUT2D eigenvalue weighted by molar-refractivity contribution is -0.139. The third-order valence-electron chi connectivity index (χ3n) is 6.09. The molecule has 170 valence electrons. The molecule has 1 saturated heterocycles. The van der Waals surface area contributed by atoms with Gasteiger partial charge in [0.2, 0.25) is 0 Å². The molecule has 0 aliphatic carbocycles. The summed E-state index contributed by atoms with van der Waals surface area (Å²) in [5, 5.41) is 10.0. The van der Waals surface area contributed by atoms with Crippen LogP contribution in [0.4, 0.5) is 13.2 Å². The Morgan fingerprint density at radius 2 is 1.81 bits per heavy atom. The van der Waals surface area contributed by atoms with Gasteiger partial charge in [0.25, 0.3) is 0 Å². The molecule has 0 unspecified atom stereocenters. The molecule has 4 heterocycles. The van der Waals surface area contributed by atoms with E-state index in [1.165, 1.54) is 0 Å². The van der Waals surface area contributed by atoms with E-state index in [4.69, 9.17) is 0 Å². The van der Waals surface area contributed by atoms with E-state index >= 15 is 0 Å². The Balaban J connectivity index is 1.41. The SMILES string of the molecule is Cc1nnc(-c2cc3cc(CC(=O)C4CCN(CCC(F)(F)F)CC4)ncc3cn2)n1C. The van der Waals surface area contributed by atoms with Gasteiger partial charge >= 0.3 is 6.18 Å². The number of likely N-dealkylation sites (tertiary alicyclic amines) is 1. The largest absolute Gasteiger partial charge is 0.390 e. The number of alkyl halides is 3. The van der Waals surface area contributed by atoms with Crippen molar-refractivity contribution in [2.75, 3.05) is 19.6 Å². The van der Waals surface area contributed by atoms with E-state index in [0.29, 0.717) is 43.1 Å². The van der Waals surface area contributed by atoms with Crippen molar-refractivity contribution in [2.24, 2.45) is 13.0 Å². The Kier molecular flexibility index (Phi) is 6.23. The van der Waals surface area contributed by atoms with E-state index in [9.17, 15) is 18.0 Å². The number of ketones is 1. The number of carbonyl (C=O) groups excluding carboxylic acids is 1. The summed E-state index contributed by atoms with van der Waals surface area (Å²) in [4.78, 5) is 23.4. The first kappa shape index (κ1) is 22.3. The number of halogens is 3. The van der Waals surface area contributed by atoms with E-state index in [0.717, 1.165) is 16.6 Å². The standard InChI is InChI=1S/C22H25F3N6O/c1-14-28-29-21(30(14)2)19-10-16-9-18(26-12-17(16)13-27-19)11-20(32)15-3-6-31(7-4-15)8-5-22(23,24)25/h9-10,12-13,15H,3-8,11H2,1-2H3. The molecule has 3 aromatic rings. The molecule has 0 N–H and O–H groups in total. The third-order valence-corrected chi connectivity index (χ3v) is 6.09. The number of nitrogens with zero attached hydrogens (tertiary/aromatic N) is 6. The molecule has 1 aliphatic heterocycles. The summed E-state index contributed by atoms with van der Waals surface area (Å²) in [7, 11) is 1.88. The highest BCUT2D eigenvalue weighted by Gasteiger charge is 2.30. The van der Waals surface area contributed by atoms with Crippen LogP contribution in [-0.4, -0.2) is 61.2 Å². The molecule has 7 nitrogen and oxygen atoms in total. The molecule has 0 bridgehead atoms. The van der Waals surface area contributed by atoms with Gasteiger partial charge in [0.05, 0.1) is 6.42 Å². The van der Waals surface area contributed by atoms with E-state index in [1.807, 2.05) is 30.7 Å². The lowest BCUT2D eigenvalue weighted by atomic mass is 9.90. The molecule has 3 aromatic heterocycles. The molecule has 4 rings (SSSR count). The Morgan fingerprint density at radius 3 is 2.47 bits per heavy atom. The van der Waals surface area contributed by atoms with Crippen molar-refractivity contribution in [3.8, 4) is 11.5 Å². The molecule has 0 spiro atoms. The predicted octanol–water partition coefficient (Wildman–Crippen LogP) is 3.51. The van der Waals surface area contributed by atoms with Crippen LogP contribution in [0.2, 0.25) is 0 Å². The highest BCUT2D eigenvalue weighted by Crippen LogP contribution is 2.25. The second-order valence-corrected chi connectivity index (χ2v) is 8.35. The maximum atomic E-state index is 12.8. The monoisotopic (exact) mass is 446 g/mol. The second-order valence-electron chi connectivity index (χ2n) is 8.35. The van der Waals surface area contributed by atoms with E-state index < -0.39 is 12.6 Å². The van der Waals surface area contributed by atoms with E-state index in [-0.39, 0.29) is 24.7 Å². The lowest BCUT2D eigenvalue weighted by Gasteiger charge is -2.31. The number of hydrogen-bond donors (Lipinski definition) is 0. The number of pyridine rings is 2. The number of hydrogen-bond acceptors (Lipinski definition) is 6. The number of aryl methyl sites for hydroxylation is 1. The van der Waals surface area contributed by atoms with E-state index in [2.05, 4.69) is 20.2 Å². The Labute approximate surface area is 183 Å². The van der Waals surface area contributed by atoms with Crippen LogP contribution in [-0.2, 0) is 18.3 Å². The molecule has 32 heavy (non-hydrogen) atoms. The zero-order valence-electron chi connectivity index (χ0n) is 18.1. The van der Waals surface area contributed by atoms with Crippen LogP contribution >= 0.6 is 0 Å². The molecule has 0 saturated carbocycles. The smallest absolute Gasteiger partial charge is 0.313 e. The summed E-state index contributed by atoms with van der Waals surface area (Å²) in [6.45, 7) is 2.90. The van der Waals surface area contributed by atoms with Gasteiger partial charge in [-0.25, -0.2) is 0 Å². The van der Waals surface area contributed by atoms with Crippen LogP contribution in [0.25, 0.3) is 22.3 Å². The number of aromatic nitrogens is 5.